The van der Waals surface area contributed by atoms with Gasteiger partial charge in [0.1, 0.15) is 5.75 Å². The van der Waals surface area contributed by atoms with Crippen molar-refractivity contribution in [2.24, 2.45) is 0 Å². The number of ether oxygens (including phenoxy) is 1. The van der Waals surface area contributed by atoms with Crippen molar-refractivity contribution in [2.75, 3.05) is 11.9 Å². The SMILES string of the molecule is O=C(O)CCCc1cccc2c1NC(=O)CO2. The van der Waals surface area contributed by atoms with Crippen LogP contribution < -0.4 is 10.1 Å². The lowest BCUT2D eigenvalue weighted by Gasteiger charge is -2.20. The number of carboxylic acid groups (broad SMARTS) is 1. The van der Waals surface area contributed by atoms with Gasteiger partial charge in [-0.3, -0.25) is 9.59 Å². The fraction of sp³-hybridized carbons (Fsp3) is 0.333. The molecule has 5 nitrogen and oxygen atoms in total. The Hall–Kier alpha value is -2.04. The minimum Gasteiger partial charge on any atom is -0.482 e. The molecule has 0 aromatic heterocycles. The molecule has 5 heteroatoms. The maximum atomic E-state index is 11.2. The highest BCUT2D eigenvalue weighted by Crippen LogP contribution is 2.31. The van der Waals surface area contributed by atoms with E-state index in [2.05, 4.69) is 5.32 Å². The van der Waals surface area contributed by atoms with Crippen molar-refractivity contribution in [3.05, 3.63) is 23.8 Å². The molecular weight excluding hydrogens is 222 g/mol. The molecule has 1 aliphatic heterocycles. The van der Waals surface area contributed by atoms with Gasteiger partial charge in [-0.25, -0.2) is 0 Å². The number of aryl methyl sites for hydroxylation is 1. The summed E-state index contributed by atoms with van der Waals surface area (Å²) in [5.41, 5.74) is 1.59. The molecule has 0 fully saturated rings. The molecule has 1 amide bonds. The molecule has 0 bridgehead atoms. The molecule has 90 valence electrons. The van der Waals surface area contributed by atoms with E-state index in [1.165, 1.54) is 0 Å². The number of nitrogens with one attached hydrogen (secondary N) is 1. The number of fused-ring (bicyclic) bond motifs is 1. The summed E-state index contributed by atoms with van der Waals surface area (Å²) in [6.45, 7) is 0.0333. The average Bonchev–Trinajstić information content (AvgIpc) is 2.29. The summed E-state index contributed by atoms with van der Waals surface area (Å²) in [6.07, 6.45) is 1.28. The van der Waals surface area contributed by atoms with Gasteiger partial charge >= 0.3 is 5.97 Å². The van der Waals surface area contributed by atoms with Gasteiger partial charge in [0.2, 0.25) is 0 Å². The zero-order valence-corrected chi connectivity index (χ0v) is 9.23. The first-order chi connectivity index (χ1) is 8.16. The number of aliphatic carboxylic acids is 1. The van der Waals surface area contributed by atoms with E-state index in [0.717, 1.165) is 5.56 Å². The molecule has 1 aliphatic rings. The second-order valence-corrected chi connectivity index (χ2v) is 3.87. The standard InChI is InChI=1S/C12H13NO4/c14-10-7-17-9-5-1-3-8(12(9)13-10)4-2-6-11(15)16/h1,3,5H,2,4,6-7H2,(H,13,14)(H,15,16). The Morgan fingerprint density at radius 3 is 3.06 bits per heavy atom. The van der Waals surface area contributed by atoms with Gasteiger partial charge in [0.05, 0.1) is 5.69 Å². The molecule has 0 radical (unpaired) electrons. The molecule has 1 aromatic rings. The van der Waals surface area contributed by atoms with Crippen molar-refractivity contribution < 1.29 is 19.4 Å². The summed E-state index contributed by atoms with van der Waals surface area (Å²) in [4.78, 5) is 21.7. The third-order valence-corrected chi connectivity index (χ3v) is 2.57. The molecule has 0 aliphatic carbocycles. The van der Waals surface area contributed by atoms with E-state index in [4.69, 9.17) is 9.84 Å². The van der Waals surface area contributed by atoms with Crippen LogP contribution in [0.3, 0.4) is 0 Å². The van der Waals surface area contributed by atoms with Crippen LogP contribution in [0.4, 0.5) is 5.69 Å². The van der Waals surface area contributed by atoms with E-state index in [9.17, 15) is 9.59 Å². The number of carboxylic acids is 1. The Bertz CT molecular complexity index is 456. The third-order valence-electron chi connectivity index (χ3n) is 2.57. The van der Waals surface area contributed by atoms with Crippen LogP contribution in [0.1, 0.15) is 18.4 Å². The number of rotatable bonds is 4. The predicted molar refractivity (Wildman–Crippen MR) is 61.1 cm³/mol. The molecule has 1 heterocycles. The fourth-order valence-corrected chi connectivity index (χ4v) is 1.80. The summed E-state index contributed by atoms with van der Waals surface area (Å²) < 4.78 is 5.28. The van der Waals surface area contributed by atoms with E-state index in [1.54, 1.807) is 6.07 Å². The van der Waals surface area contributed by atoms with Crippen molar-refractivity contribution in [3.8, 4) is 5.75 Å². The number of hydrogen-bond acceptors (Lipinski definition) is 3. The van der Waals surface area contributed by atoms with Crippen LogP contribution in [0.5, 0.6) is 5.75 Å². The van der Waals surface area contributed by atoms with Crippen LogP contribution >= 0.6 is 0 Å². The van der Waals surface area contributed by atoms with Gasteiger partial charge in [-0.2, -0.15) is 0 Å². The fourth-order valence-electron chi connectivity index (χ4n) is 1.80. The van der Waals surface area contributed by atoms with Crippen molar-refractivity contribution >= 4 is 17.6 Å². The number of amides is 1. The highest BCUT2D eigenvalue weighted by Gasteiger charge is 2.18. The number of benzene rings is 1. The van der Waals surface area contributed by atoms with Crippen molar-refractivity contribution in [1.29, 1.82) is 0 Å². The first kappa shape index (κ1) is 11.4. The molecule has 2 rings (SSSR count). The lowest BCUT2D eigenvalue weighted by atomic mass is 10.0. The summed E-state index contributed by atoms with van der Waals surface area (Å²) in [5.74, 6) is -0.337. The Kier molecular flexibility index (Phi) is 3.27. The molecule has 0 atom stereocenters. The first-order valence-electron chi connectivity index (χ1n) is 5.43. The summed E-state index contributed by atoms with van der Waals surface area (Å²) in [7, 11) is 0. The number of para-hydroxylation sites is 1. The van der Waals surface area contributed by atoms with Crippen molar-refractivity contribution in [1.82, 2.24) is 0 Å². The number of anilines is 1. The van der Waals surface area contributed by atoms with E-state index < -0.39 is 5.97 Å². The number of hydrogen-bond donors (Lipinski definition) is 2. The van der Waals surface area contributed by atoms with E-state index >= 15 is 0 Å². The Morgan fingerprint density at radius 1 is 1.47 bits per heavy atom. The topological polar surface area (TPSA) is 75.6 Å². The van der Waals surface area contributed by atoms with Gasteiger partial charge in [-0.1, -0.05) is 12.1 Å². The first-order valence-corrected chi connectivity index (χ1v) is 5.43. The average molecular weight is 235 g/mol. The molecule has 0 spiro atoms. The molecule has 17 heavy (non-hydrogen) atoms. The van der Waals surface area contributed by atoms with E-state index in [1.807, 2.05) is 12.1 Å². The van der Waals surface area contributed by atoms with Gasteiger partial charge in [0.15, 0.2) is 6.61 Å². The van der Waals surface area contributed by atoms with Crippen molar-refractivity contribution in [3.63, 3.8) is 0 Å². The molecular formula is C12H13NO4. The number of carbonyl (C=O) groups is 2. The summed E-state index contributed by atoms with van der Waals surface area (Å²) in [5, 5.41) is 11.3. The monoisotopic (exact) mass is 235 g/mol. The smallest absolute Gasteiger partial charge is 0.303 e. The molecule has 0 saturated heterocycles. The highest BCUT2D eigenvalue weighted by molar-refractivity contribution is 5.96. The predicted octanol–water partition coefficient (Wildman–Crippen LogP) is 1.42. The third kappa shape index (κ3) is 2.75. The minimum absolute atomic E-state index is 0.0333. The van der Waals surface area contributed by atoms with Crippen LogP contribution in [0.25, 0.3) is 0 Å². The van der Waals surface area contributed by atoms with Gasteiger partial charge in [-0.05, 0) is 24.5 Å². The summed E-state index contributed by atoms with van der Waals surface area (Å²) in [6, 6.07) is 5.50. The minimum atomic E-state index is -0.810. The van der Waals surface area contributed by atoms with E-state index in [-0.39, 0.29) is 18.9 Å². The second-order valence-electron chi connectivity index (χ2n) is 3.87. The van der Waals surface area contributed by atoms with Crippen LogP contribution in [-0.4, -0.2) is 23.6 Å². The second kappa shape index (κ2) is 4.86. The Labute approximate surface area is 98.4 Å². The van der Waals surface area contributed by atoms with Gasteiger partial charge < -0.3 is 15.2 Å². The van der Waals surface area contributed by atoms with Crippen LogP contribution in [0, 0.1) is 0 Å². The molecule has 0 saturated carbocycles. The molecule has 2 N–H and O–H groups in total. The lowest BCUT2D eigenvalue weighted by Crippen LogP contribution is -2.26. The largest absolute Gasteiger partial charge is 0.482 e. The highest BCUT2D eigenvalue weighted by atomic mass is 16.5. The van der Waals surface area contributed by atoms with Gasteiger partial charge in [-0.15, -0.1) is 0 Å². The van der Waals surface area contributed by atoms with Crippen LogP contribution in [-0.2, 0) is 16.0 Å². The lowest BCUT2D eigenvalue weighted by molar-refractivity contribution is -0.137. The van der Waals surface area contributed by atoms with Crippen LogP contribution in [0.15, 0.2) is 18.2 Å². The molecule has 1 aromatic carbocycles. The summed E-state index contributed by atoms with van der Waals surface area (Å²) >= 11 is 0. The Balaban J connectivity index is 2.11. The Morgan fingerprint density at radius 2 is 2.29 bits per heavy atom. The van der Waals surface area contributed by atoms with Gasteiger partial charge in [0, 0.05) is 6.42 Å². The quantitative estimate of drug-likeness (QED) is 0.827. The maximum absolute atomic E-state index is 11.2. The number of carbonyl (C=O) groups excluding carboxylic acids is 1. The molecule has 0 unspecified atom stereocenters. The van der Waals surface area contributed by atoms with E-state index in [0.29, 0.717) is 24.3 Å². The normalized spacial score (nSPS) is 13.5. The zero-order valence-electron chi connectivity index (χ0n) is 9.23. The zero-order chi connectivity index (χ0) is 12.3. The van der Waals surface area contributed by atoms with Gasteiger partial charge in [0.25, 0.3) is 5.91 Å². The maximum Gasteiger partial charge on any atom is 0.303 e. The van der Waals surface area contributed by atoms with Crippen LogP contribution in [0.2, 0.25) is 0 Å². The van der Waals surface area contributed by atoms with Crippen molar-refractivity contribution in [2.45, 2.75) is 19.3 Å².